The lowest BCUT2D eigenvalue weighted by Gasteiger charge is -2.34. The van der Waals surface area contributed by atoms with Crippen LogP contribution in [0.1, 0.15) is 37.3 Å². The lowest BCUT2D eigenvalue weighted by atomic mass is 10.1. The van der Waals surface area contributed by atoms with Crippen molar-refractivity contribution in [2.75, 3.05) is 52.3 Å². The van der Waals surface area contributed by atoms with Crippen molar-refractivity contribution in [1.29, 1.82) is 0 Å². The Morgan fingerprint density at radius 1 is 1.21 bits per heavy atom. The fourth-order valence-corrected chi connectivity index (χ4v) is 4.00. The van der Waals surface area contributed by atoms with Crippen LogP contribution < -0.4 is 5.32 Å². The molecule has 0 spiro atoms. The molecular formula is C22H37N3O2S. The van der Waals surface area contributed by atoms with Gasteiger partial charge in [-0.3, -0.25) is 4.99 Å². The highest BCUT2D eigenvalue weighted by Crippen LogP contribution is 2.15. The smallest absolute Gasteiger partial charge is 0.193 e. The first-order valence-corrected chi connectivity index (χ1v) is 11.7. The average molecular weight is 408 g/mol. The number of ether oxygens (including phenoxy) is 2. The zero-order valence-corrected chi connectivity index (χ0v) is 18.6. The van der Waals surface area contributed by atoms with Gasteiger partial charge in [-0.05, 0) is 38.7 Å². The van der Waals surface area contributed by atoms with Crippen molar-refractivity contribution in [2.45, 2.75) is 45.0 Å². The number of piperidine rings is 1. The quantitative estimate of drug-likeness (QED) is 0.344. The molecule has 1 saturated heterocycles. The summed E-state index contributed by atoms with van der Waals surface area (Å²) in [7, 11) is 1.74. The molecule has 0 amide bonds. The summed E-state index contributed by atoms with van der Waals surface area (Å²) in [6.07, 6.45) is 3.49. The van der Waals surface area contributed by atoms with Crippen molar-refractivity contribution in [2.24, 2.45) is 4.99 Å². The molecule has 1 heterocycles. The summed E-state index contributed by atoms with van der Waals surface area (Å²) in [4.78, 5) is 7.23. The van der Waals surface area contributed by atoms with Crippen LogP contribution in [0.4, 0.5) is 0 Å². The van der Waals surface area contributed by atoms with Gasteiger partial charge in [0.15, 0.2) is 5.96 Å². The average Bonchev–Trinajstić information content (AvgIpc) is 2.72. The number of benzene rings is 1. The zero-order valence-electron chi connectivity index (χ0n) is 17.8. The molecule has 0 atom stereocenters. The SMILES string of the molecule is CCNC(=NCCSCc1ccc(C)cc1)N1CCC(OCCCOC)CC1. The molecule has 28 heavy (non-hydrogen) atoms. The molecule has 0 aromatic heterocycles. The third kappa shape index (κ3) is 8.84. The van der Waals surface area contributed by atoms with Crippen LogP contribution in [0.3, 0.4) is 0 Å². The standard InChI is InChI=1S/C22H37N3O2S/c1-4-23-22(24-12-17-28-18-20-8-6-19(2)7-9-20)25-13-10-21(11-14-25)27-16-5-15-26-3/h6-9,21H,4-5,10-18H2,1-3H3,(H,23,24). The van der Waals surface area contributed by atoms with Crippen molar-refractivity contribution in [3.8, 4) is 0 Å². The minimum absolute atomic E-state index is 0.376. The van der Waals surface area contributed by atoms with Crippen molar-refractivity contribution in [3.05, 3.63) is 35.4 Å². The number of aliphatic imine (C=N–C) groups is 1. The van der Waals surface area contributed by atoms with E-state index in [9.17, 15) is 0 Å². The van der Waals surface area contributed by atoms with Gasteiger partial charge in [0, 0.05) is 51.5 Å². The largest absolute Gasteiger partial charge is 0.385 e. The first-order valence-electron chi connectivity index (χ1n) is 10.5. The zero-order chi connectivity index (χ0) is 20.0. The molecule has 0 bridgehead atoms. The highest BCUT2D eigenvalue weighted by atomic mass is 32.2. The maximum absolute atomic E-state index is 5.97. The molecular weight excluding hydrogens is 370 g/mol. The second-order valence-corrected chi connectivity index (χ2v) is 8.28. The number of thioether (sulfide) groups is 1. The number of guanidine groups is 1. The molecule has 0 saturated carbocycles. The number of likely N-dealkylation sites (tertiary alicyclic amines) is 1. The Morgan fingerprint density at radius 2 is 1.96 bits per heavy atom. The summed E-state index contributed by atoms with van der Waals surface area (Å²) in [5.74, 6) is 3.15. The summed E-state index contributed by atoms with van der Waals surface area (Å²) in [5.41, 5.74) is 2.71. The second-order valence-electron chi connectivity index (χ2n) is 7.18. The number of nitrogens with zero attached hydrogens (tertiary/aromatic N) is 2. The Bertz CT molecular complexity index is 557. The predicted octanol–water partition coefficient (Wildman–Crippen LogP) is 3.71. The van der Waals surface area contributed by atoms with Crippen molar-refractivity contribution in [3.63, 3.8) is 0 Å². The fraction of sp³-hybridized carbons (Fsp3) is 0.682. The lowest BCUT2D eigenvalue weighted by Crippen LogP contribution is -2.47. The highest BCUT2D eigenvalue weighted by Gasteiger charge is 2.21. The number of rotatable bonds is 11. The third-order valence-electron chi connectivity index (χ3n) is 4.81. The Balaban J connectivity index is 1.68. The van der Waals surface area contributed by atoms with Gasteiger partial charge in [0.2, 0.25) is 0 Å². The van der Waals surface area contributed by atoms with E-state index in [2.05, 4.69) is 48.3 Å². The van der Waals surface area contributed by atoms with E-state index < -0.39 is 0 Å². The van der Waals surface area contributed by atoms with Crippen LogP contribution >= 0.6 is 11.8 Å². The van der Waals surface area contributed by atoms with Crippen molar-refractivity contribution >= 4 is 17.7 Å². The van der Waals surface area contributed by atoms with Gasteiger partial charge in [-0.25, -0.2) is 0 Å². The number of aryl methyl sites for hydroxylation is 1. The lowest BCUT2D eigenvalue weighted by molar-refractivity contribution is 0.00991. The van der Waals surface area contributed by atoms with Gasteiger partial charge in [-0.1, -0.05) is 29.8 Å². The van der Waals surface area contributed by atoms with Crippen LogP contribution in [0, 0.1) is 6.92 Å². The maximum atomic E-state index is 5.97. The van der Waals surface area contributed by atoms with Gasteiger partial charge in [-0.15, -0.1) is 0 Å². The van der Waals surface area contributed by atoms with Crippen LogP contribution in [0.25, 0.3) is 0 Å². The van der Waals surface area contributed by atoms with Crippen molar-refractivity contribution in [1.82, 2.24) is 10.2 Å². The topological polar surface area (TPSA) is 46.1 Å². The van der Waals surface area contributed by atoms with E-state index >= 15 is 0 Å². The molecule has 2 rings (SSSR count). The molecule has 1 N–H and O–H groups in total. The van der Waals surface area contributed by atoms with E-state index in [-0.39, 0.29) is 0 Å². The van der Waals surface area contributed by atoms with Crippen LogP contribution in [0.5, 0.6) is 0 Å². The van der Waals surface area contributed by atoms with Crippen LogP contribution in [-0.4, -0.2) is 69.2 Å². The second kappa shape index (κ2) is 13.9. The number of methoxy groups -OCH3 is 1. The Morgan fingerprint density at radius 3 is 2.64 bits per heavy atom. The third-order valence-corrected chi connectivity index (χ3v) is 5.82. The Hall–Kier alpha value is -1.24. The molecule has 1 aromatic rings. The first-order chi connectivity index (χ1) is 13.7. The fourth-order valence-electron chi connectivity index (χ4n) is 3.20. The molecule has 5 nitrogen and oxygen atoms in total. The minimum atomic E-state index is 0.376. The van der Waals surface area contributed by atoms with Crippen LogP contribution in [0.2, 0.25) is 0 Å². The maximum Gasteiger partial charge on any atom is 0.193 e. The highest BCUT2D eigenvalue weighted by molar-refractivity contribution is 7.98. The molecule has 1 fully saturated rings. The van der Waals surface area contributed by atoms with Gasteiger partial charge in [0.25, 0.3) is 0 Å². The number of nitrogens with one attached hydrogen (secondary N) is 1. The molecule has 158 valence electrons. The van der Waals surface area contributed by atoms with E-state index in [0.717, 1.165) is 76.1 Å². The molecule has 1 aromatic carbocycles. The van der Waals surface area contributed by atoms with Gasteiger partial charge >= 0.3 is 0 Å². The van der Waals surface area contributed by atoms with E-state index in [1.54, 1.807) is 7.11 Å². The molecule has 0 radical (unpaired) electrons. The Labute approximate surface area is 175 Å². The monoisotopic (exact) mass is 407 g/mol. The summed E-state index contributed by atoms with van der Waals surface area (Å²) in [6, 6.07) is 8.80. The predicted molar refractivity (Wildman–Crippen MR) is 120 cm³/mol. The normalized spacial score (nSPS) is 15.8. The van der Waals surface area contributed by atoms with Gasteiger partial charge in [0.1, 0.15) is 0 Å². The van der Waals surface area contributed by atoms with Crippen LogP contribution in [-0.2, 0) is 15.2 Å². The minimum Gasteiger partial charge on any atom is -0.385 e. The number of hydrogen-bond donors (Lipinski definition) is 1. The molecule has 1 aliphatic rings. The van der Waals surface area contributed by atoms with Gasteiger partial charge in [-0.2, -0.15) is 11.8 Å². The van der Waals surface area contributed by atoms with E-state index in [4.69, 9.17) is 14.5 Å². The van der Waals surface area contributed by atoms with E-state index in [0.29, 0.717) is 6.10 Å². The first kappa shape index (κ1) is 23.0. The molecule has 6 heteroatoms. The Kier molecular flexibility index (Phi) is 11.4. The van der Waals surface area contributed by atoms with E-state index in [1.807, 2.05) is 11.8 Å². The summed E-state index contributed by atoms with van der Waals surface area (Å²) < 4.78 is 11.0. The van der Waals surface area contributed by atoms with Crippen LogP contribution in [0.15, 0.2) is 29.3 Å². The number of hydrogen-bond acceptors (Lipinski definition) is 4. The molecule has 1 aliphatic heterocycles. The van der Waals surface area contributed by atoms with Crippen molar-refractivity contribution < 1.29 is 9.47 Å². The molecule has 0 unspecified atom stereocenters. The summed E-state index contributed by atoms with van der Waals surface area (Å²) in [6.45, 7) is 9.62. The molecule has 0 aliphatic carbocycles. The summed E-state index contributed by atoms with van der Waals surface area (Å²) >= 11 is 1.95. The van der Waals surface area contributed by atoms with E-state index in [1.165, 1.54) is 11.1 Å². The summed E-state index contributed by atoms with van der Waals surface area (Å²) in [5, 5.41) is 3.45. The van der Waals surface area contributed by atoms with Gasteiger partial charge < -0.3 is 19.7 Å². The van der Waals surface area contributed by atoms with Gasteiger partial charge in [0.05, 0.1) is 12.6 Å².